The van der Waals surface area contributed by atoms with Crippen LogP contribution in [-0.4, -0.2) is 69.4 Å². The smallest absolute Gasteiger partial charge is 0.256 e. The second kappa shape index (κ2) is 13.8. The Kier molecular flexibility index (Phi) is 9.17. The van der Waals surface area contributed by atoms with Crippen LogP contribution in [0.3, 0.4) is 0 Å². The molecule has 7 rings (SSSR count). The molecule has 11 nitrogen and oxygen atoms in total. The molecule has 2 N–H and O–H groups in total. The van der Waals surface area contributed by atoms with Gasteiger partial charge in [-0.15, -0.1) is 0 Å². The Hall–Kier alpha value is -5.04. The third kappa shape index (κ3) is 6.18. The van der Waals surface area contributed by atoms with Gasteiger partial charge in [-0.1, -0.05) is 91.0 Å². The summed E-state index contributed by atoms with van der Waals surface area (Å²) in [7, 11) is 3.24. The van der Waals surface area contributed by atoms with Crippen LogP contribution in [0, 0.1) is 0 Å². The van der Waals surface area contributed by atoms with Gasteiger partial charge in [-0.3, -0.25) is 9.36 Å². The zero-order valence-electron chi connectivity index (χ0n) is 27.2. The van der Waals surface area contributed by atoms with Crippen LogP contribution in [-0.2, 0) is 24.5 Å². The minimum atomic E-state index is -1.03. The van der Waals surface area contributed by atoms with Gasteiger partial charge in [-0.05, 0) is 34.9 Å². The molecular formula is C38H37N5O6. The Labute approximate surface area is 283 Å². The van der Waals surface area contributed by atoms with Crippen LogP contribution in [0.4, 0.5) is 5.82 Å². The first-order chi connectivity index (χ1) is 24.0. The van der Waals surface area contributed by atoms with E-state index in [0.29, 0.717) is 23.1 Å². The monoisotopic (exact) mass is 659 g/mol. The number of aliphatic hydroxyl groups excluding tert-OH is 1. The highest BCUT2D eigenvalue weighted by Crippen LogP contribution is 2.45. The van der Waals surface area contributed by atoms with E-state index >= 15 is 0 Å². The third-order valence-electron chi connectivity index (χ3n) is 9.19. The van der Waals surface area contributed by atoms with Crippen molar-refractivity contribution in [3.63, 3.8) is 0 Å². The van der Waals surface area contributed by atoms with E-state index in [2.05, 4.69) is 26.3 Å². The van der Waals surface area contributed by atoms with Gasteiger partial charge in [0.15, 0.2) is 22.8 Å². The number of fused-ring (bicyclic) bond motifs is 1. The number of methoxy groups -OCH3 is 2. The van der Waals surface area contributed by atoms with E-state index in [-0.39, 0.29) is 24.8 Å². The number of aromatic nitrogens is 4. The van der Waals surface area contributed by atoms with Gasteiger partial charge < -0.3 is 29.4 Å². The van der Waals surface area contributed by atoms with Gasteiger partial charge in [0.05, 0.1) is 19.0 Å². The molecule has 2 aliphatic rings. The van der Waals surface area contributed by atoms with Crippen molar-refractivity contribution < 1.29 is 28.8 Å². The molecule has 1 aliphatic carbocycles. The van der Waals surface area contributed by atoms with Crippen LogP contribution in [0.15, 0.2) is 127 Å². The van der Waals surface area contributed by atoms with E-state index in [9.17, 15) is 9.90 Å². The fourth-order valence-electron chi connectivity index (χ4n) is 6.51. The molecule has 0 unspecified atom stereocenters. The minimum Gasteiger partial charge on any atom is -0.390 e. The van der Waals surface area contributed by atoms with E-state index < -0.39 is 29.8 Å². The summed E-state index contributed by atoms with van der Waals surface area (Å²) in [6, 6.07) is 28.9. The van der Waals surface area contributed by atoms with Gasteiger partial charge in [0.2, 0.25) is 0 Å². The molecule has 5 aromatic rings. The second-order valence-corrected chi connectivity index (χ2v) is 11.9. The first kappa shape index (κ1) is 32.5. The molecule has 3 atom stereocenters. The maximum absolute atomic E-state index is 12.8. The molecule has 0 radical (unpaired) electrons. The van der Waals surface area contributed by atoms with Crippen molar-refractivity contribution >= 4 is 22.9 Å². The van der Waals surface area contributed by atoms with Crippen molar-refractivity contribution in [1.29, 1.82) is 0 Å². The van der Waals surface area contributed by atoms with E-state index in [1.54, 1.807) is 49.4 Å². The average Bonchev–Trinajstić information content (AvgIpc) is 3.77. The zero-order valence-corrected chi connectivity index (χ0v) is 27.2. The lowest BCUT2D eigenvalue weighted by atomic mass is 9.77. The Morgan fingerprint density at radius 3 is 2.22 bits per heavy atom. The van der Waals surface area contributed by atoms with Crippen LogP contribution in [0.5, 0.6) is 0 Å². The highest BCUT2D eigenvalue weighted by Gasteiger charge is 2.44. The molecular weight excluding hydrogens is 622 g/mol. The molecule has 0 bridgehead atoms. The number of anilines is 1. The lowest BCUT2D eigenvalue weighted by molar-refractivity contribution is -0.168. The number of nitrogens with one attached hydrogen (secondary N) is 1. The van der Waals surface area contributed by atoms with E-state index in [4.69, 9.17) is 18.9 Å². The molecule has 1 aliphatic heterocycles. The number of rotatable bonds is 11. The minimum absolute atomic E-state index is 0.0757. The number of carbonyl (C=O) groups is 1. The fourth-order valence-corrected chi connectivity index (χ4v) is 6.51. The normalized spacial score (nSPS) is 20.3. The fraction of sp³-hybridized carbons (Fsp3) is 0.263. The van der Waals surface area contributed by atoms with Crippen LogP contribution >= 0.6 is 0 Å². The number of imidazole rings is 1. The van der Waals surface area contributed by atoms with Crippen molar-refractivity contribution in [2.45, 2.75) is 42.7 Å². The number of amides is 1. The number of ether oxygens (including phenoxy) is 4. The molecule has 0 spiro atoms. The standard InChI is InChI=1S/C38H37N5O6/c1-46-37(47-2)20-18-29(19-21-37)38(27-14-8-4-9-15-27,28-16-10-5-11-17-28)48-23-31-30(44)22-32(49-31)43-25-41-33-34(39-24-40-35(33)43)42-36(45)26-12-6-3-7-13-26/h3-20,24-25,30-32,44H,21-23H2,1-2H3,(H,39,40,42,45)/t30-,31+,32+/m0/s1. The Morgan fingerprint density at radius 2 is 1.61 bits per heavy atom. The Bertz CT molecular complexity index is 1920. The predicted octanol–water partition coefficient (Wildman–Crippen LogP) is 5.56. The lowest BCUT2D eigenvalue weighted by Gasteiger charge is -2.40. The van der Waals surface area contributed by atoms with Gasteiger partial charge >= 0.3 is 0 Å². The highest BCUT2D eigenvalue weighted by atomic mass is 16.7. The number of hydrogen-bond acceptors (Lipinski definition) is 9. The van der Waals surface area contributed by atoms with E-state index in [0.717, 1.165) is 16.7 Å². The number of benzene rings is 3. The van der Waals surface area contributed by atoms with Crippen molar-refractivity contribution in [2.24, 2.45) is 0 Å². The maximum atomic E-state index is 12.8. The molecule has 1 saturated heterocycles. The summed E-state index contributed by atoms with van der Waals surface area (Å²) in [5, 5.41) is 14.2. The van der Waals surface area contributed by atoms with Gasteiger partial charge in [0.25, 0.3) is 5.91 Å². The summed E-state index contributed by atoms with van der Waals surface area (Å²) in [6.45, 7) is 0.0757. The zero-order chi connectivity index (χ0) is 33.8. The maximum Gasteiger partial charge on any atom is 0.256 e. The van der Waals surface area contributed by atoms with Crippen LogP contribution in [0.2, 0.25) is 0 Å². The summed E-state index contributed by atoms with van der Waals surface area (Å²) in [4.78, 5) is 26.1. The molecule has 3 aromatic carbocycles. The van der Waals surface area contributed by atoms with E-state index in [1.807, 2.05) is 78.9 Å². The van der Waals surface area contributed by atoms with Gasteiger partial charge in [-0.25, -0.2) is 15.0 Å². The Morgan fingerprint density at radius 1 is 0.959 bits per heavy atom. The molecule has 49 heavy (non-hydrogen) atoms. The first-order valence-electron chi connectivity index (χ1n) is 16.1. The number of hydrogen-bond donors (Lipinski definition) is 2. The van der Waals surface area contributed by atoms with Crippen molar-refractivity contribution in [2.75, 3.05) is 26.1 Å². The van der Waals surface area contributed by atoms with Gasteiger partial charge in [0.1, 0.15) is 24.3 Å². The highest BCUT2D eigenvalue weighted by molar-refractivity contribution is 6.06. The van der Waals surface area contributed by atoms with Crippen molar-refractivity contribution in [1.82, 2.24) is 19.5 Å². The molecule has 1 fully saturated rings. The van der Waals surface area contributed by atoms with Crippen LogP contribution in [0.25, 0.3) is 11.2 Å². The summed E-state index contributed by atoms with van der Waals surface area (Å²) in [5.74, 6) is -0.897. The van der Waals surface area contributed by atoms with Crippen molar-refractivity contribution in [3.8, 4) is 0 Å². The molecule has 1 amide bonds. The summed E-state index contributed by atoms with van der Waals surface area (Å²) >= 11 is 0. The Balaban J connectivity index is 1.16. The summed E-state index contributed by atoms with van der Waals surface area (Å²) in [5.41, 5.74) is 3.09. The van der Waals surface area contributed by atoms with Gasteiger partial charge in [-0.2, -0.15) is 0 Å². The second-order valence-electron chi connectivity index (χ2n) is 11.9. The average molecular weight is 660 g/mol. The van der Waals surface area contributed by atoms with Crippen LogP contribution < -0.4 is 5.32 Å². The van der Waals surface area contributed by atoms with Crippen molar-refractivity contribution in [3.05, 3.63) is 144 Å². The molecule has 2 aromatic heterocycles. The molecule has 11 heteroatoms. The molecule has 3 heterocycles. The number of aliphatic hydroxyl groups is 1. The number of carbonyl (C=O) groups excluding carboxylic acids is 1. The summed E-state index contributed by atoms with van der Waals surface area (Å²) < 4.78 is 26.6. The topological polar surface area (TPSA) is 130 Å². The first-order valence-corrected chi connectivity index (χ1v) is 16.1. The predicted molar refractivity (Wildman–Crippen MR) is 182 cm³/mol. The third-order valence-corrected chi connectivity index (χ3v) is 9.19. The lowest BCUT2D eigenvalue weighted by Crippen LogP contribution is -2.40. The molecule has 0 saturated carbocycles. The molecule has 250 valence electrons. The summed E-state index contributed by atoms with van der Waals surface area (Å²) in [6.07, 6.45) is 7.60. The quantitative estimate of drug-likeness (QED) is 0.175. The van der Waals surface area contributed by atoms with E-state index in [1.165, 1.54) is 6.33 Å². The number of nitrogens with zero attached hydrogens (tertiary/aromatic N) is 4. The largest absolute Gasteiger partial charge is 0.390 e. The van der Waals surface area contributed by atoms with Crippen LogP contribution in [0.1, 0.15) is 40.6 Å². The van der Waals surface area contributed by atoms with Gasteiger partial charge in [0, 0.05) is 32.6 Å². The SMILES string of the molecule is COC1(OC)C=CC(C(OC[C@H]2O[C@@H](n3cnc4c(NC(=O)c5ccccc5)ncnc43)C[C@@H]2O)(c2ccccc2)c2ccccc2)=CC1.